The highest BCUT2D eigenvalue weighted by Gasteiger charge is 2.33. The van der Waals surface area contributed by atoms with Gasteiger partial charge < -0.3 is 18.9 Å². The molecule has 8 nitrogen and oxygen atoms in total. The largest absolute Gasteiger partial charge is 0.365 e. The van der Waals surface area contributed by atoms with Crippen molar-refractivity contribution < 1.29 is 18.9 Å². The molecule has 0 aliphatic carbocycles. The van der Waals surface area contributed by atoms with Crippen LogP contribution in [-0.2, 0) is 18.9 Å². The van der Waals surface area contributed by atoms with Crippen LogP contribution in [0.25, 0.3) is 0 Å². The Balaban J connectivity index is 4.85. The van der Waals surface area contributed by atoms with Crippen LogP contribution in [0, 0.1) is 5.41 Å². The Morgan fingerprint density at radius 2 is 0.640 bits per heavy atom. The van der Waals surface area contributed by atoms with E-state index in [4.69, 9.17) is 18.9 Å². The minimum Gasteiger partial charge on any atom is -0.365 e. The topological polar surface area (TPSA) is 49.9 Å². The Morgan fingerprint density at radius 3 is 0.800 bits per heavy atom. The average Bonchev–Trinajstić information content (AvgIpc) is 2.45. The third kappa shape index (κ3) is 14.5. The summed E-state index contributed by atoms with van der Waals surface area (Å²) in [5, 5.41) is 0. The lowest BCUT2D eigenvalue weighted by molar-refractivity contribution is -0.137. The molecule has 0 heterocycles. The van der Waals surface area contributed by atoms with E-state index in [2.05, 4.69) is 0 Å². The lowest BCUT2D eigenvalue weighted by Crippen LogP contribution is -2.44. The fourth-order valence-corrected chi connectivity index (χ4v) is 2.03. The normalized spacial score (nSPS) is 13.0. The average molecular weight is 365 g/mol. The zero-order chi connectivity index (χ0) is 19.3. The molecule has 0 aromatic heterocycles. The zero-order valence-corrected chi connectivity index (χ0v) is 17.6. The van der Waals surface area contributed by atoms with Gasteiger partial charge in [-0.15, -0.1) is 0 Å². The predicted octanol–water partition coefficient (Wildman–Crippen LogP) is 0.116. The molecule has 0 aliphatic heterocycles. The molecule has 0 bridgehead atoms. The Hall–Kier alpha value is -0.320. The summed E-state index contributed by atoms with van der Waals surface area (Å²) in [5.41, 5.74) is -0.349. The van der Waals surface area contributed by atoms with Crippen LogP contribution in [0.5, 0.6) is 0 Å². The molecule has 8 heteroatoms. The maximum Gasteiger partial charge on any atom is 0.0985 e. The Morgan fingerprint density at radius 1 is 0.440 bits per heavy atom. The molecule has 0 aliphatic rings. The Bertz CT molecular complexity index is 254. The van der Waals surface area contributed by atoms with Crippen LogP contribution in [0.15, 0.2) is 0 Å². The summed E-state index contributed by atoms with van der Waals surface area (Å²) >= 11 is 0. The fourth-order valence-electron chi connectivity index (χ4n) is 2.03. The molecule has 0 spiro atoms. The fraction of sp³-hybridized carbons (Fsp3) is 1.00. The summed E-state index contributed by atoms with van der Waals surface area (Å²) in [6.07, 6.45) is 0. The molecular formula is C17H40N4O4. The molecule has 0 aromatic carbocycles. The highest BCUT2D eigenvalue weighted by atomic mass is 16.5. The van der Waals surface area contributed by atoms with E-state index in [1.165, 1.54) is 0 Å². The number of nitrogens with zero attached hydrogens (tertiary/aromatic N) is 4. The molecule has 152 valence electrons. The second-order valence-corrected chi connectivity index (χ2v) is 7.73. The molecule has 0 aromatic rings. The van der Waals surface area contributed by atoms with Gasteiger partial charge in [0.25, 0.3) is 0 Å². The molecule has 0 atom stereocenters. The van der Waals surface area contributed by atoms with E-state index in [-0.39, 0.29) is 5.41 Å². The molecule has 0 rings (SSSR count). The van der Waals surface area contributed by atoms with E-state index in [1.54, 1.807) is 0 Å². The number of hydrogen-bond donors (Lipinski definition) is 0. The SMILES string of the molecule is CN(C)COCC(COCN(C)C)(COCN(C)C)COCN(C)C. The van der Waals surface area contributed by atoms with Crippen molar-refractivity contribution in [1.82, 2.24) is 19.6 Å². The van der Waals surface area contributed by atoms with Crippen molar-refractivity contribution >= 4 is 0 Å². The van der Waals surface area contributed by atoms with Gasteiger partial charge in [0, 0.05) is 0 Å². The summed E-state index contributed by atoms with van der Waals surface area (Å²) in [4.78, 5) is 7.97. The minimum absolute atomic E-state index is 0.349. The number of rotatable bonds is 16. The van der Waals surface area contributed by atoms with Crippen molar-refractivity contribution in [1.29, 1.82) is 0 Å². The van der Waals surface area contributed by atoms with E-state index in [0.717, 1.165) is 0 Å². The quantitative estimate of drug-likeness (QED) is 0.358. The van der Waals surface area contributed by atoms with Crippen LogP contribution < -0.4 is 0 Å². The standard InChI is InChI=1S/C17H40N4O4/c1-18(2)13-22-9-17(10-23-14-19(3)4,11-24-15-20(5)6)12-25-16-21(7)8/h9-16H2,1-8H3. The zero-order valence-electron chi connectivity index (χ0n) is 17.6. The van der Waals surface area contributed by atoms with Crippen molar-refractivity contribution in [3.63, 3.8) is 0 Å². The van der Waals surface area contributed by atoms with Gasteiger partial charge in [-0.3, -0.25) is 19.6 Å². The van der Waals surface area contributed by atoms with Crippen molar-refractivity contribution in [3.8, 4) is 0 Å². The van der Waals surface area contributed by atoms with Gasteiger partial charge in [-0.05, 0) is 56.4 Å². The minimum atomic E-state index is -0.349. The molecule has 25 heavy (non-hydrogen) atoms. The van der Waals surface area contributed by atoms with Gasteiger partial charge in [0.15, 0.2) is 0 Å². The second-order valence-electron chi connectivity index (χ2n) is 7.73. The number of ether oxygens (including phenoxy) is 4. The van der Waals surface area contributed by atoms with E-state index in [9.17, 15) is 0 Å². The molecule has 0 N–H and O–H groups in total. The lowest BCUT2D eigenvalue weighted by atomic mass is 9.92. The molecule has 0 radical (unpaired) electrons. The summed E-state index contributed by atoms with van der Waals surface area (Å²) in [5.74, 6) is 0. The van der Waals surface area contributed by atoms with Gasteiger partial charge in [-0.1, -0.05) is 0 Å². The second kappa shape index (κ2) is 13.8. The Labute approximate surface area is 154 Å². The van der Waals surface area contributed by atoms with Crippen LogP contribution >= 0.6 is 0 Å². The van der Waals surface area contributed by atoms with E-state index in [1.807, 2.05) is 76.0 Å². The van der Waals surface area contributed by atoms with E-state index < -0.39 is 0 Å². The highest BCUT2D eigenvalue weighted by Crippen LogP contribution is 2.21. The van der Waals surface area contributed by atoms with Gasteiger partial charge in [0.05, 0.1) is 58.8 Å². The molecular weight excluding hydrogens is 324 g/mol. The number of hydrogen-bond acceptors (Lipinski definition) is 8. The van der Waals surface area contributed by atoms with Crippen LogP contribution in [0.4, 0.5) is 0 Å². The van der Waals surface area contributed by atoms with Gasteiger partial charge in [-0.25, -0.2) is 0 Å². The first-order valence-corrected chi connectivity index (χ1v) is 8.57. The molecule has 0 saturated heterocycles. The van der Waals surface area contributed by atoms with Crippen LogP contribution in [-0.4, -0.2) is 129 Å². The van der Waals surface area contributed by atoms with Crippen molar-refractivity contribution in [2.75, 3.05) is 110 Å². The predicted molar refractivity (Wildman–Crippen MR) is 100 cm³/mol. The maximum absolute atomic E-state index is 5.88. The van der Waals surface area contributed by atoms with E-state index in [0.29, 0.717) is 53.4 Å². The summed E-state index contributed by atoms with van der Waals surface area (Å²) in [7, 11) is 15.9. The van der Waals surface area contributed by atoms with Crippen LogP contribution in [0.2, 0.25) is 0 Å². The maximum atomic E-state index is 5.88. The smallest absolute Gasteiger partial charge is 0.0985 e. The van der Waals surface area contributed by atoms with Crippen molar-refractivity contribution in [3.05, 3.63) is 0 Å². The summed E-state index contributed by atoms with van der Waals surface area (Å²) < 4.78 is 23.5. The van der Waals surface area contributed by atoms with E-state index >= 15 is 0 Å². The molecule has 0 fully saturated rings. The van der Waals surface area contributed by atoms with Gasteiger partial charge in [0.2, 0.25) is 0 Å². The Kier molecular flexibility index (Phi) is 13.7. The van der Waals surface area contributed by atoms with Gasteiger partial charge in [-0.2, -0.15) is 0 Å². The lowest BCUT2D eigenvalue weighted by Gasteiger charge is -2.34. The first-order valence-electron chi connectivity index (χ1n) is 8.57. The first-order chi connectivity index (χ1) is 11.7. The molecule has 0 unspecified atom stereocenters. The summed E-state index contributed by atoms with van der Waals surface area (Å²) in [6, 6.07) is 0. The highest BCUT2D eigenvalue weighted by molar-refractivity contribution is 4.79. The monoisotopic (exact) mass is 364 g/mol. The summed E-state index contributed by atoms with van der Waals surface area (Å²) in [6.45, 7) is 4.26. The molecule has 0 amide bonds. The molecule has 0 saturated carbocycles. The third-order valence-electron chi connectivity index (χ3n) is 3.03. The first kappa shape index (κ1) is 24.7. The van der Waals surface area contributed by atoms with Crippen LogP contribution in [0.3, 0.4) is 0 Å². The van der Waals surface area contributed by atoms with Crippen molar-refractivity contribution in [2.24, 2.45) is 5.41 Å². The van der Waals surface area contributed by atoms with Crippen molar-refractivity contribution in [2.45, 2.75) is 0 Å². The van der Waals surface area contributed by atoms with Gasteiger partial charge >= 0.3 is 0 Å². The van der Waals surface area contributed by atoms with Gasteiger partial charge in [0.1, 0.15) is 0 Å². The van der Waals surface area contributed by atoms with Crippen LogP contribution in [0.1, 0.15) is 0 Å². The third-order valence-corrected chi connectivity index (χ3v) is 3.03.